The Kier molecular flexibility index (Phi) is 9.01. The maximum Gasteiger partial charge on any atom is 0.263 e. The van der Waals surface area contributed by atoms with E-state index in [0.29, 0.717) is 36.3 Å². The average molecular weight is 533 g/mol. The van der Waals surface area contributed by atoms with Crippen molar-refractivity contribution in [1.82, 2.24) is 25.9 Å². The largest absolute Gasteiger partial charge is 0.355 e. The van der Waals surface area contributed by atoms with Crippen molar-refractivity contribution in [3.63, 3.8) is 0 Å². The molecule has 8 nitrogen and oxygen atoms in total. The second-order valence-electron chi connectivity index (χ2n) is 6.41. The van der Waals surface area contributed by atoms with Crippen LogP contribution < -0.4 is 20.9 Å². The summed E-state index contributed by atoms with van der Waals surface area (Å²) < 4.78 is 13.9. The first-order valence-electron chi connectivity index (χ1n) is 9.09. The maximum absolute atomic E-state index is 13.9. The molecule has 2 aromatic rings. The number of hydrogen-bond acceptors (Lipinski definition) is 6. The molecule has 11 heteroatoms. The van der Waals surface area contributed by atoms with Crippen molar-refractivity contribution < 1.29 is 9.18 Å². The van der Waals surface area contributed by atoms with Gasteiger partial charge in [-0.2, -0.15) is 0 Å². The summed E-state index contributed by atoms with van der Waals surface area (Å²) in [5, 5.41) is 9.38. The number of amides is 1. The molecule has 29 heavy (non-hydrogen) atoms. The van der Waals surface area contributed by atoms with Gasteiger partial charge in [0.15, 0.2) is 17.6 Å². The lowest BCUT2D eigenvalue weighted by atomic mass is 10.3. The molecule has 1 atom stereocenters. The molecule has 1 aliphatic heterocycles. The number of hydrogen-bond donors (Lipinski definition) is 3. The Morgan fingerprint density at radius 2 is 2.17 bits per heavy atom. The van der Waals surface area contributed by atoms with E-state index in [1.165, 1.54) is 17.4 Å². The Morgan fingerprint density at radius 3 is 2.86 bits per heavy atom. The normalized spacial score (nSPS) is 16.3. The molecule has 158 valence electrons. The molecule has 3 heterocycles. The lowest BCUT2D eigenvalue weighted by Crippen LogP contribution is -2.46. The zero-order chi connectivity index (χ0) is 19.9. The van der Waals surface area contributed by atoms with Crippen LogP contribution in [0.5, 0.6) is 0 Å². The molecule has 0 aliphatic carbocycles. The van der Waals surface area contributed by atoms with Gasteiger partial charge >= 0.3 is 0 Å². The highest BCUT2D eigenvalue weighted by atomic mass is 127. The molecule has 1 saturated heterocycles. The molecule has 3 N–H and O–H groups in total. The topological polar surface area (TPSA) is 94.5 Å². The second-order valence-corrected chi connectivity index (χ2v) is 7.26. The van der Waals surface area contributed by atoms with Crippen LogP contribution in [0.25, 0.3) is 0 Å². The van der Waals surface area contributed by atoms with Crippen molar-refractivity contribution in [2.45, 2.75) is 19.4 Å². The fourth-order valence-electron chi connectivity index (χ4n) is 3.03. The van der Waals surface area contributed by atoms with Crippen LogP contribution in [0.15, 0.2) is 28.8 Å². The molecule has 1 fully saturated rings. The Labute approximate surface area is 190 Å². The SMILES string of the molecule is CN=C(NCCNC(=O)c1scnc1C)NC1CCN(c2ncccc2F)C1.I. The highest BCUT2D eigenvalue weighted by Gasteiger charge is 2.25. The summed E-state index contributed by atoms with van der Waals surface area (Å²) in [6.07, 6.45) is 2.46. The van der Waals surface area contributed by atoms with Gasteiger partial charge in [-0.15, -0.1) is 35.3 Å². The minimum Gasteiger partial charge on any atom is -0.355 e. The standard InChI is InChI=1S/C18H24FN7OS.HI/c1-12-15(28-11-24-12)17(27)22-7-8-23-18(20-2)25-13-5-9-26(10-13)16-14(19)4-3-6-21-16;/h3-4,6,11,13H,5,7-10H2,1-2H3,(H,22,27)(H2,20,23,25);1H. The summed E-state index contributed by atoms with van der Waals surface area (Å²) in [5.41, 5.74) is 2.40. The number of aliphatic imine (C=N–C) groups is 1. The van der Waals surface area contributed by atoms with Crippen LogP contribution in [-0.4, -0.2) is 61.1 Å². The highest BCUT2D eigenvalue weighted by molar-refractivity contribution is 14.0. The van der Waals surface area contributed by atoms with Crippen molar-refractivity contribution in [2.24, 2.45) is 4.99 Å². The van der Waals surface area contributed by atoms with E-state index in [1.807, 2.05) is 11.8 Å². The van der Waals surface area contributed by atoms with E-state index in [2.05, 4.69) is 30.9 Å². The van der Waals surface area contributed by atoms with Crippen LogP contribution in [-0.2, 0) is 0 Å². The Bertz CT molecular complexity index is 847. The Hall–Kier alpha value is -2.02. The fourth-order valence-corrected chi connectivity index (χ4v) is 3.74. The third-order valence-corrected chi connectivity index (χ3v) is 5.37. The van der Waals surface area contributed by atoms with E-state index in [-0.39, 0.29) is 41.7 Å². The minimum absolute atomic E-state index is 0. The molecule has 1 aliphatic rings. The van der Waals surface area contributed by atoms with Gasteiger partial charge in [-0.1, -0.05) is 0 Å². The predicted molar refractivity (Wildman–Crippen MR) is 124 cm³/mol. The van der Waals surface area contributed by atoms with Gasteiger partial charge in [-0.3, -0.25) is 9.79 Å². The molecule has 1 amide bonds. The van der Waals surface area contributed by atoms with Gasteiger partial charge in [0.1, 0.15) is 4.88 Å². The van der Waals surface area contributed by atoms with Crippen molar-refractivity contribution in [1.29, 1.82) is 0 Å². The number of thiazole rings is 1. The zero-order valence-corrected chi connectivity index (χ0v) is 19.5. The third kappa shape index (κ3) is 6.23. The first-order valence-corrected chi connectivity index (χ1v) is 9.97. The molecule has 0 bridgehead atoms. The summed E-state index contributed by atoms with van der Waals surface area (Å²) in [4.78, 5) is 27.0. The second kappa shape index (κ2) is 11.2. The number of nitrogens with one attached hydrogen (secondary N) is 3. The van der Waals surface area contributed by atoms with Crippen LogP contribution in [0.1, 0.15) is 21.8 Å². The molecule has 2 aromatic heterocycles. The summed E-state index contributed by atoms with van der Waals surface area (Å²) in [5.74, 6) is 0.610. The molecule has 3 rings (SSSR count). The molecular formula is C18H25FIN7OS. The van der Waals surface area contributed by atoms with Gasteiger partial charge in [-0.05, 0) is 25.5 Å². The molecule has 0 aromatic carbocycles. The van der Waals surface area contributed by atoms with Crippen molar-refractivity contribution in [3.8, 4) is 0 Å². The first kappa shape index (κ1) is 23.3. The number of guanidine groups is 1. The molecule has 0 spiro atoms. The zero-order valence-electron chi connectivity index (χ0n) is 16.3. The summed E-state index contributed by atoms with van der Waals surface area (Å²) in [7, 11) is 1.69. The van der Waals surface area contributed by atoms with Gasteiger partial charge in [0.25, 0.3) is 5.91 Å². The third-order valence-electron chi connectivity index (χ3n) is 4.45. The van der Waals surface area contributed by atoms with E-state index in [1.54, 1.807) is 24.8 Å². The van der Waals surface area contributed by atoms with Crippen molar-refractivity contribution in [2.75, 3.05) is 38.1 Å². The average Bonchev–Trinajstić information content (AvgIpc) is 3.33. The van der Waals surface area contributed by atoms with E-state index in [9.17, 15) is 9.18 Å². The number of pyridine rings is 1. The number of rotatable bonds is 6. The monoisotopic (exact) mass is 533 g/mol. The Morgan fingerprint density at radius 1 is 1.38 bits per heavy atom. The highest BCUT2D eigenvalue weighted by Crippen LogP contribution is 2.20. The number of aromatic nitrogens is 2. The molecule has 1 unspecified atom stereocenters. The molecule has 0 radical (unpaired) electrons. The van der Waals surface area contributed by atoms with Gasteiger partial charge < -0.3 is 20.9 Å². The van der Waals surface area contributed by atoms with E-state index < -0.39 is 0 Å². The van der Waals surface area contributed by atoms with Crippen LogP contribution in [0.4, 0.5) is 10.2 Å². The van der Waals surface area contributed by atoms with Crippen LogP contribution in [0, 0.1) is 12.7 Å². The summed E-state index contributed by atoms with van der Waals surface area (Å²) in [6, 6.07) is 3.15. The van der Waals surface area contributed by atoms with Gasteiger partial charge in [0.2, 0.25) is 0 Å². The lowest BCUT2D eigenvalue weighted by molar-refractivity contribution is 0.0957. The minimum atomic E-state index is -0.308. The number of halogens is 2. The van der Waals surface area contributed by atoms with Gasteiger partial charge in [-0.25, -0.2) is 14.4 Å². The molecular weight excluding hydrogens is 508 g/mol. The number of aryl methyl sites for hydroxylation is 1. The first-order chi connectivity index (χ1) is 13.6. The van der Waals surface area contributed by atoms with Crippen molar-refractivity contribution >= 4 is 53.0 Å². The smallest absolute Gasteiger partial charge is 0.263 e. The Balaban J connectivity index is 0.00000300. The number of carbonyl (C=O) groups is 1. The summed E-state index contributed by atoms with van der Waals surface area (Å²) >= 11 is 1.33. The number of nitrogens with zero attached hydrogens (tertiary/aromatic N) is 4. The maximum atomic E-state index is 13.9. The summed E-state index contributed by atoms with van der Waals surface area (Å²) in [6.45, 7) is 4.20. The van der Waals surface area contributed by atoms with E-state index in [4.69, 9.17) is 0 Å². The van der Waals surface area contributed by atoms with Crippen LogP contribution in [0.3, 0.4) is 0 Å². The van der Waals surface area contributed by atoms with Gasteiger partial charge in [0.05, 0.1) is 11.2 Å². The lowest BCUT2D eigenvalue weighted by Gasteiger charge is -2.20. The van der Waals surface area contributed by atoms with E-state index >= 15 is 0 Å². The predicted octanol–water partition coefficient (Wildman–Crippen LogP) is 1.78. The quantitative estimate of drug-likeness (QED) is 0.227. The van der Waals surface area contributed by atoms with E-state index in [0.717, 1.165) is 18.7 Å². The van der Waals surface area contributed by atoms with Gasteiger partial charge in [0, 0.05) is 45.5 Å². The fraction of sp³-hybridized carbons (Fsp3) is 0.444. The van der Waals surface area contributed by atoms with Crippen LogP contribution >= 0.6 is 35.3 Å². The van der Waals surface area contributed by atoms with Crippen molar-refractivity contribution in [3.05, 3.63) is 40.2 Å². The molecule has 0 saturated carbocycles. The number of carbonyl (C=O) groups excluding carboxylic acids is 1. The van der Waals surface area contributed by atoms with Crippen LogP contribution in [0.2, 0.25) is 0 Å². The number of anilines is 1.